The highest BCUT2D eigenvalue weighted by molar-refractivity contribution is 7.99. The third-order valence-corrected chi connectivity index (χ3v) is 4.21. The van der Waals surface area contributed by atoms with Crippen LogP contribution in [0.4, 0.5) is 0 Å². The van der Waals surface area contributed by atoms with E-state index >= 15 is 0 Å². The Morgan fingerprint density at radius 3 is 2.75 bits per heavy atom. The summed E-state index contributed by atoms with van der Waals surface area (Å²) in [4.78, 5) is 22.6. The van der Waals surface area contributed by atoms with Gasteiger partial charge in [0.25, 0.3) is 0 Å². The normalized spacial score (nSPS) is 27.1. The van der Waals surface area contributed by atoms with Crippen molar-refractivity contribution < 1.29 is 14.7 Å². The van der Waals surface area contributed by atoms with Gasteiger partial charge >= 0.3 is 5.97 Å². The van der Waals surface area contributed by atoms with E-state index in [1.165, 1.54) is 0 Å². The smallest absolute Gasteiger partial charge is 0.311 e. The fourth-order valence-electron chi connectivity index (χ4n) is 1.73. The average Bonchev–Trinajstić information content (AvgIpc) is 3.08. The van der Waals surface area contributed by atoms with Gasteiger partial charge in [-0.15, -0.1) is 0 Å². The number of carbonyl (C=O) groups excluding carboxylic acids is 1. The van der Waals surface area contributed by atoms with Crippen LogP contribution in [0.25, 0.3) is 0 Å². The monoisotopic (exact) mass is 244 g/mol. The third kappa shape index (κ3) is 2.49. The number of amides is 1. The van der Waals surface area contributed by atoms with Gasteiger partial charge in [0, 0.05) is 24.6 Å². The van der Waals surface area contributed by atoms with E-state index in [1.54, 1.807) is 11.8 Å². The van der Waals surface area contributed by atoms with Gasteiger partial charge in [0.2, 0.25) is 5.91 Å². The van der Waals surface area contributed by atoms with Crippen LogP contribution in [0.3, 0.4) is 0 Å². The molecule has 1 saturated heterocycles. The molecular formula is C10H16N2O3S. The number of hydrogen-bond acceptors (Lipinski definition) is 4. The molecule has 16 heavy (non-hydrogen) atoms. The van der Waals surface area contributed by atoms with Crippen LogP contribution in [0, 0.1) is 5.41 Å². The fourth-order valence-corrected chi connectivity index (χ4v) is 2.66. The lowest BCUT2D eigenvalue weighted by Gasteiger charge is -2.23. The minimum atomic E-state index is -0.793. The molecule has 0 aromatic rings. The quantitative estimate of drug-likeness (QED) is 0.631. The lowest BCUT2D eigenvalue weighted by molar-refractivity contribution is -0.143. The Kier molecular flexibility index (Phi) is 3.39. The molecule has 1 saturated carbocycles. The topological polar surface area (TPSA) is 78.4 Å². The number of carbonyl (C=O) groups is 2. The van der Waals surface area contributed by atoms with Crippen LogP contribution >= 0.6 is 11.8 Å². The van der Waals surface area contributed by atoms with Gasteiger partial charge in [0.1, 0.15) is 0 Å². The van der Waals surface area contributed by atoms with E-state index in [1.807, 2.05) is 0 Å². The Hall–Kier alpha value is -0.750. The molecule has 6 heteroatoms. The van der Waals surface area contributed by atoms with Crippen LogP contribution < -0.4 is 10.6 Å². The van der Waals surface area contributed by atoms with E-state index in [9.17, 15) is 9.59 Å². The maximum absolute atomic E-state index is 11.7. The molecule has 2 rings (SSSR count). The van der Waals surface area contributed by atoms with E-state index in [4.69, 9.17) is 5.11 Å². The molecule has 1 aliphatic carbocycles. The van der Waals surface area contributed by atoms with Crippen molar-refractivity contribution in [1.29, 1.82) is 0 Å². The molecule has 0 spiro atoms. The largest absolute Gasteiger partial charge is 0.481 e. The lowest BCUT2D eigenvalue weighted by Crippen LogP contribution is -2.50. The summed E-state index contributed by atoms with van der Waals surface area (Å²) < 4.78 is 0. The molecule has 1 heterocycles. The van der Waals surface area contributed by atoms with Gasteiger partial charge in [-0.1, -0.05) is 0 Å². The summed E-state index contributed by atoms with van der Waals surface area (Å²) in [7, 11) is 0. The minimum absolute atomic E-state index is 0.0697. The second-order valence-corrected chi connectivity index (χ2v) is 5.53. The molecule has 0 bridgehead atoms. The molecule has 1 aliphatic heterocycles. The Balaban J connectivity index is 1.77. The molecule has 2 fully saturated rings. The first kappa shape index (κ1) is 11.7. The van der Waals surface area contributed by atoms with E-state index in [0.29, 0.717) is 12.8 Å². The van der Waals surface area contributed by atoms with Gasteiger partial charge in [-0.05, 0) is 12.8 Å². The molecule has 3 N–H and O–H groups in total. The Morgan fingerprint density at radius 1 is 1.50 bits per heavy atom. The van der Waals surface area contributed by atoms with Crippen LogP contribution in [-0.2, 0) is 9.59 Å². The second kappa shape index (κ2) is 4.63. The van der Waals surface area contributed by atoms with Gasteiger partial charge in [0.15, 0.2) is 0 Å². The average molecular weight is 244 g/mol. The van der Waals surface area contributed by atoms with Crippen molar-refractivity contribution >= 4 is 23.6 Å². The van der Waals surface area contributed by atoms with Crippen molar-refractivity contribution in [3.63, 3.8) is 0 Å². The number of thioether (sulfide) groups is 1. The number of rotatable bonds is 4. The van der Waals surface area contributed by atoms with Crippen molar-refractivity contribution in [2.75, 3.05) is 24.6 Å². The van der Waals surface area contributed by atoms with Gasteiger partial charge in [-0.25, -0.2) is 0 Å². The number of aliphatic carboxylic acids is 1. The summed E-state index contributed by atoms with van der Waals surface area (Å²) in [6.45, 7) is 1.11. The SMILES string of the molecule is O=C(NCC1(C(=O)O)CC1)C1CSCCN1. The maximum atomic E-state index is 11.7. The second-order valence-electron chi connectivity index (χ2n) is 4.38. The van der Waals surface area contributed by atoms with Crippen LogP contribution in [0.15, 0.2) is 0 Å². The van der Waals surface area contributed by atoms with E-state index < -0.39 is 11.4 Å². The van der Waals surface area contributed by atoms with Crippen LogP contribution in [-0.4, -0.2) is 47.6 Å². The summed E-state index contributed by atoms with van der Waals surface area (Å²) in [6.07, 6.45) is 1.35. The van der Waals surface area contributed by atoms with Crippen LogP contribution in [0.1, 0.15) is 12.8 Å². The summed E-state index contributed by atoms with van der Waals surface area (Å²) in [6, 6.07) is -0.164. The van der Waals surface area contributed by atoms with Crippen LogP contribution in [0.5, 0.6) is 0 Å². The molecule has 1 unspecified atom stereocenters. The maximum Gasteiger partial charge on any atom is 0.311 e. The molecule has 0 aromatic carbocycles. The number of carboxylic acids is 1. The number of nitrogens with one attached hydrogen (secondary N) is 2. The first-order chi connectivity index (χ1) is 7.64. The van der Waals surface area contributed by atoms with Crippen molar-refractivity contribution in [1.82, 2.24) is 10.6 Å². The van der Waals surface area contributed by atoms with Gasteiger partial charge < -0.3 is 15.7 Å². The zero-order chi connectivity index (χ0) is 11.6. The Labute approximate surface area is 98.4 Å². The summed E-state index contributed by atoms with van der Waals surface area (Å²) in [5.41, 5.74) is -0.669. The van der Waals surface area contributed by atoms with Crippen molar-refractivity contribution in [3.05, 3.63) is 0 Å². The molecule has 1 amide bonds. The molecule has 5 nitrogen and oxygen atoms in total. The summed E-state index contributed by atoms with van der Waals surface area (Å²) in [5, 5.41) is 14.8. The molecule has 0 aromatic heterocycles. The first-order valence-corrected chi connectivity index (χ1v) is 6.62. The zero-order valence-corrected chi connectivity index (χ0v) is 9.81. The predicted octanol–water partition coefficient (Wildman–Crippen LogP) is -0.328. The highest BCUT2D eigenvalue weighted by Crippen LogP contribution is 2.45. The highest BCUT2D eigenvalue weighted by Gasteiger charge is 2.50. The molecule has 2 aliphatic rings. The molecule has 1 atom stereocenters. The summed E-state index contributed by atoms with van der Waals surface area (Å²) >= 11 is 1.75. The van der Waals surface area contributed by atoms with Gasteiger partial charge in [-0.3, -0.25) is 9.59 Å². The Bertz CT molecular complexity index is 298. The minimum Gasteiger partial charge on any atom is -0.481 e. The lowest BCUT2D eigenvalue weighted by atomic mass is 10.1. The van der Waals surface area contributed by atoms with E-state index in [0.717, 1.165) is 18.1 Å². The van der Waals surface area contributed by atoms with Crippen molar-refractivity contribution in [2.24, 2.45) is 5.41 Å². The zero-order valence-electron chi connectivity index (χ0n) is 8.99. The number of carboxylic acid groups (broad SMARTS) is 1. The third-order valence-electron chi connectivity index (χ3n) is 3.15. The highest BCUT2D eigenvalue weighted by atomic mass is 32.2. The molecular weight excluding hydrogens is 228 g/mol. The van der Waals surface area contributed by atoms with E-state index in [2.05, 4.69) is 10.6 Å². The fraction of sp³-hybridized carbons (Fsp3) is 0.800. The molecule has 90 valence electrons. The first-order valence-electron chi connectivity index (χ1n) is 5.46. The van der Waals surface area contributed by atoms with Crippen molar-refractivity contribution in [2.45, 2.75) is 18.9 Å². The summed E-state index contributed by atoms with van der Waals surface area (Å²) in [5.74, 6) is 0.938. The number of hydrogen-bond donors (Lipinski definition) is 3. The molecule has 0 radical (unpaired) electrons. The van der Waals surface area contributed by atoms with E-state index in [-0.39, 0.29) is 18.5 Å². The van der Waals surface area contributed by atoms with Crippen molar-refractivity contribution in [3.8, 4) is 0 Å². The Morgan fingerprint density at radius 2 is 2.25 bits per heavy atom. The van der Waals surface area contributed by atoms with Crippen LogP contribution in [0.2, 0.25) is 0 Å². The standard InChI is InChI=1S/C10H16N2O3S/c13-8(7-5-16-4-3-11-7)12-6-10(1-2-10)9(14)15/h7,11H,1-6H2,(H,12,13)(H,14,15). The van der Waals surface area contributed by atoms with Gasteiger partial charge in [0.05, 0.1) is 11.5 Å². The predicted molar refractivity (Wildman–Crippen MR) is 61.4 cm³/mol. The van der Waals surface area contributed by atoms with Gasteiger partial charge in [-0.2, -0.15) is 11.8 Å².